The maximum atomic E-state index is 14.0. The summed E-state index contributed by atoms with van der Waals surface area (Å²) in [6, 6.07) is 11.6. The molecule has 2 aromatic heterocycles. The average Bonchev–Trinajstić information content (AvgIpc) is 3.50. The Hall–Kier alpha value is -3.62. The van der Waals surface area contributed by atoms with Gasteiger partial charge in [-0.25, -0.2) is 0 Å². The van der Waals surface area contributed by atoms with E-state index >= 15 is 0 Å². The summed E-state index contributed by atoms with van der Waals surface area (Å²) in [7, 11) is 0. The summed E-state index contributed by atoms with van der Waals surface area (Å²) >= 11 is 0. The summed E-state index contributed by atoms with van der Waals surface area (Å²) in [5.74, 6) is -0.705. The Morgan fingerprint density at radius 3 is 2.66 bits per heavy atom. The first-order valence-corrected chi connectivity index (χ1v) is 11.7. The van der Waals surface area contributed by atoms with Gasteiger partial charge in [0.25, 0.3) is 5.89 Å². The van der Waals surface area contributed by atoms with Gasteiger partial charge in [0.15, 0.2) is 0 Å². The van der Waals surface area contributed by atoms with Gasteiger partial charge < -0.3 is 14.2 Å². The van der Waals surface area contributed by atoms with Crippen molar-refractivity contribution in [1.82, 2.24) is 14.7 Å². The second kappa shape index (κ2) is 9.20. The van der Waals surface area contributed by atoms with Gasteiger partial charge in [-0.15, -0.1) is 0 Å². The standard InChI is InChI=1S/C26H24F3N3O3/c27-26(28,29)21-15-17(9-10-18(21)16-5-2-1-3-6-16)25-30-24(31-35-25)20-7-4-8-22-19(20)11-13-32(22)14-12-23(33)34/h4,7-11,13,15-16H,1-3,5-6,12,14H2,(H,33,34). The van der Waals surface area contributed by atoms with Crippen LogP contribution in [0.25, 0.3) is 33.7 Å². The largest absolute Gasteiger partial charge is 0.481 e. The number of carbonyl (C=O) groups is 1. The van der Waals surface area contributed by atoms with Gasteiger partial charge in [0.2, 0.25) is 5.82 Å². The maximum absolute atomic E-state index is 14.0. The number of hydrogen-bond donors (Lipinski definition) is 1. The molecule has 1 aliphatic rings. The number of benzene rings is 2. The van der Waals surface area contributed by atoms with Gasteiger partial charge >= 0.3 is 12.1 Å². The fraction of sp³-hybridized carbons (Fsp3) is 0.346. The summed E-state index contributed by atoms with van der Waals surface area (Å²) < 4.78 is 49.1. The first-order chi connectivity index (χ1) is 16.8. The summed E-state index contributed by atoms with van der Waals surface area (Å²) in [4.78, 5) is 15.3. The molecule has 2 aromatic carbocycles. The molecule has 4 aromatic rings. The van der Waals surface area contributed by atoms with E-state index in [1.54, 1.807) is 30.5 Å². The third kappa shape index (κ3) is 4.67. The molecule has 0 spiro atoms. The number of carboxylic acids is 1. The third-order valence-electron chi connectivity index (χ3n) is 6.70. The summed E-state index contributed by atoms with van der Waals surface area (Å²) in [5.41, 5.74) is 1.39. The third-order valence-corrected chi connectivity index (χ3v) is 6.70. The molecule has 6 nitrogen and oxygen atoms in total. The molecule has 0 bridgehead atoms. The van der Waals surface area contributed by atoms with E-state index in [1.807, 2.05) is 16.7 Å². The fourth-order valence-electron chi connectivity index (χ4n) is 4.98. The molecule has 1 saturated carbocycles. The van der Waals surface area contributed by atoms with Crippen molar-refractivity contribution in [2.45, 2.75) is 57.2 Å². The number of aliphatic carboxylic acids is 1. The quantitative estimate of drug-likeness (QED) is 0.323. The van der Waals surface area contributed by atoms with Crippen molar-refractivity contribution in [2.24, 2.45) is 0 Å². The minimum Gasteiger partial charge on any atom is -0.481 e. The van der Waals surface area contributed by atoms with Crippen LogP contribution >= 0.6 is 0 Å². The molecular formula is C26H24F3N3O3. The number of aryl methyl sites for hydroxylation is 1. The lowest BCUT2D eigenvalue weighted by atomic mass is 9.81. The van der Waals surface area contributed by atoms with Crippen LogP contribution in [0.3, 0.4) is 0 Å². The second-order valence-corrected chi connectivity index (χ2v) is 8.95. The highest BCUT2D eigenvalue weighted by Crippen LogP contribution is 2.42. The molecule has 2 heterocycles. The first-order valence-electron chi connectivity index (χ1n) is 11.7. The Morgan fingerprint density at radius 2 is 1.91 bits per heavy atom. The topological polar surface area (TPSA) is 81.1 Å². The SMILES string of the molecule is O=C(O)CCn1ccc2c(-c3noc(-c4ccc(C5CCCCC5)c(C(F)(F)F)c4)n3)cccc21. The van der Waals surface area contributed by atoms with E-state index in [9.17, 15) is 18.0 Å². The van der Waals surface area contributed by atoms with Crippen molar-refractivity contribution in [3.05, 3.63) is 59.8 Å². The number of hydrogen-bond acceptors (Lipinski definition) is 4. The van der Waals surface area contributed by atoms with Crippen molar-refractivity contribution in [2.75, 3.05) is 0 Å². The van der Waals surface area contributed by atoms with Crippen LogP contribution in [0.1, 0.15) is 55.6 Å². The molecule has 0 amide bonds. The lowest BCUT2D eigenvalue weighted by molar-refractivity contribution is -0.138. The highest BCUT2D eigenvalue weighted by Gasteiger charge is 2.36. The number of nitrogens with zero attached hydrogens (tertiary/aromatic N) is 3. The zero-order valence-corrected chi connectivity index (χ0v) is 18.9. The maximum Gasteiger partial charge on any atom is 0.416 e. The van der Waals surface area contributed by atoms with Crippen LogP contribution in [0.4, 0.5) is 13.2 Å². The van der Waals surface area contributed by atoms with Crippen molar-refractivity contribution < 1.29 is 27.6 Å². The van der Waals surface area contributed by atoms with Crippen molar-refractivity contribution in [1.29, 1.82) is 0 Å². The van der Waals surface area contributed by atoms with Crippen LogP contribution in [0.2, 0.25) is 0 Å². The van der Waals surface area contributed by atoms with Gasteiger partial charge in [0, 0.05) is 34.8 Å². The number of rotatable bonds is 6. The Morgan fingerprint density at radius 1 is 1.11 bits per heavy atom. The summed E-state index contributed by atoms with van der Waals surface area (Å²) in [6.07, 6.45) is 1.79. The van der Waals surface area contributed by atoms with Gasteiger partial charge in [-0.3, -0.25) is 4.79 Å². The van der Waals surface area contributed by atoms with Crippen LogP contribution in [0.5, 0.6) is 0 Å². The van der Waals surface area contributed by atoms with Crippen LogP contribution < -0.4 is 0 Å². The number of halogens is 3. The molecule has 1 aliphatic carbocycles. The Balaban J connectivity index is 1.49. The molecule has 0 aliphatic heterocycles. The Labute approximate surface area is 199 Å². The first kappa shape index (κ1) is 23.1. The van der Waals surface area contributed by atoms with Crippen molar-refractivity contribution >= 4 is 16.9 Å². The molecule has 9 heteroatoms. The molecule has 0 atom stereocenters. The molecule has 35 heavy (non-hydrogen) atoms. The summed E-state index contributed by atoms with van der Waals surface area (Å²) in [6.45, 7) is 0.313. The molecule has 0 saturated heterocycles. The molecule has 0 unspecified atom stereocenters. The lowest BCUT2D eigenvalue weighted by Gasteiger charge is -2.25. The molecule has 1 fully saturated rings. The smallest absolute Gasteiger partial charge is 0.416 e. The average molecular weight is 483 g/mol. The molecular weight excluding hydrogens is 459 g/mol. The molecule has 1 N–H and O–H groups in total. The number of aromatic nitrogens is 3. The van der Waals surface area contributed by atoms with Crippen molar-refractivity contribution in [3.63, 3.8) is 0 Å². The predicted molar refractivity (Wildman–Crippen MR) is 124 cm³/mol. The van der Waals surface area contributed by atoms with E-state index < -0.39 is 17.7 Å². The van der Waals surface area contributed by atoms with Gasteiger partial charge in [0.05, 0.1) is 12.0 Å². The van der Waals surface area contributed by atoms with E-state index in [0.29, 0.717) is 17.7 Å². The fourth-order valence-corrected chi connectivity index (χ4v) is 4.98. The number of alkyl halides is 3. The van der Waals surface area contributed by atoms with Gasteiger partial charge in [-0.05, 0) is 48.6 Å². The van der Waals surface area contributed by atoms with Gasteiger partial charge in [-0.1, -0.05) is 42.6 Å². The molecule has 182 valence electrons. The van der Waals surface area contributed by atoms with Crippen LogP contribution in [0, 0.1) is 0 Å². The predicted octanol–water partition coefficient (Wildman–Crippen LogP) is 6.90. The van der Waals surface area contributed by atoms with Crippen molar-refractivity contribution in [3.8, 4) is 22.8 Å². The van der Waals surface area contributed by atoms with E-state index in [4.69, 9.17) is 9.63 Å². The monoisotopic (exact) mass is 483 g/mol. The zero-order valence-electron chi connectivity index (χ0n) is 18.9. The van der Waals surface area contributed by atoms with E-state index in [-0.39, 0.29) is 29.6 Å². The zero-order chi connectivity index (χ0) is 24.6. The normalized spacial score (nSPS) is 15.1. The summed E-state index contributed by atoms with van der Waals surface area (Å²) in [5, 5.41) is 13.8. The molecule has 5 rings (SSSR count). The second-order valence-electron chi connectivity index (χ2n) is 8.95. The minimum absolute atomic E-state index is 0.0151. The Kier molecular flexibility index (Phi) is 6.08. The van der Waals surface area contributed by atoms with E-state index in [0.717, 1.165) is 49.1 Å². The van der Waals surface area contributed by atoms with Gasteiger partial charge in [-0.2, -0.15) is 18.2 Å². The highest BCUT2D eigenvalue weighted by atomic mass is 19.4. The van der Waals surface area contributed by atoms with Crippen LogP contribution in [0.15, 0.2) is 53.2 Å². The number of carboxylic acid groups (broad SMARTS) is 1. The van der Waals surface area contributed by atoms with E-state index in [1.165, 1.54) is 0 Å². The lowest BCUT2D eigenvalue weighted by Crippen LogP contribution is -2.14. The molecule has 0 radical (unpaired) electrons. The minimum atomic E-state index is -4.48. The van der Waals surface area contributed by atoms with Gasteiger partial charge in [0.1, 0.15) is 0 Å². The van der Waals surface area contributed by atoms with Crippen LogP contribution in [-0.2, 0) is 17.5 Å². The Bertz CT molecular complexity index is 1370. The van der Waals surface area contributed by atoms with Crippen LogP contribution in [-0.4, -0.2) is 25.8 Å². The highest BCUT2D eigenvalue weighted by molar-refractivity contribution is 5.94. The van der Waals surface area contributed by atoms with E-state index in [2.05, 4.69) is 10.1 Å². The number of fused-ring (bicyclic) bond motifs is 1.